The molecule has 0 saturated heterocycles. The van der Waals surface area contributed by atoms with Gasteiger partial charge in [-0.2, -0.15) is 0 Å². The second kappa shape index (κ2) is 6.21. The molecule has 4 saturated carbocycles. The Morgan fingerprint density at radius 2 is 1.50 bits per heavy atom. The summed E-state index contributed by atoms with van der Waals surface area (Å²) in [5, 5.41) is 5.67. The molecule has 0 aromatic rings. The highest BCUT2D eigenvalue weighted by Gasteiger charge is 2.51. The number of hydrogen-bond donors (Lipinski definition) is 2. The van der Waals surface area contributed by atoms with Crippen molar-refractivity contribution in [2.24, 2.45) is 29.1 Å². The maximum absolute atomic E-state index is 12.3. The third kappa shape index (κ3) is 3.64. The van der Waals surface area contributed by atoms with Crippen molar-refractivity contribution >= 4 is 11.8 Å². The van der Waals surface area contributed by atoms with Crippen LogP contribution in [0, 0.1) is 29.1 Å². The topological polar surface area (TPSA) is 58.2 Å². The quantitative estimate of drug-likeness (QED) is 0.792. The van der Waals surface area contributed by atoms with Gasteiger partial charge in [0.05, 0.1) is 6.54 Å². The first-order valence-electron chi connectivity index (χ1n) is 8.97. The lowest BCUT2D eigenvalue weighted by Gasteiger charge is -2.56. The molecule has 0 spiro atoms. The van der Waals surface area contributed by atoms with Gasteiger partial charge in [0.2, 0.25) is 11.8 Å². The SMILES string of the molecule is CC(C)CNC(=O)CNC(=O)CC12CC3CC(CC(C3)C1)C2. The van der Waals surface area contributed by atoms with Crippen LogP contribution in [0.1, 0.15) is 58.8 Å². The van der Waals surface area contributed by atoms with Crippen molar-refractivity contribution in [3.8, 4) is 0 Å². The van der Waals surface area contributed by atoms with E-state index in [0.29, 0.717) is 18.9 Å². The molecular formula is C18H30N2O2. The van der Waals surface area contributed by atoms with Crippen LogP contribution < -0.4 is 10.6 Å². The van der Waals surface area contributed by atoms with E-state index < -0.39 is 0 Å². The minimum atomic E-state index is -0.0763. The van der Waals surface area contributed by atoms with Gasteiger partial charge < -0.3 is 10.6 Å². The van der Waals surface area contributed by atoms with Gasteiger partial charge in [-0.1, -0.05) is 13.8 Å². The monoisotopic (exact) mass is 306 g/mol. The Bertz CT molecular complexity index is 409. The highest BCUT2D eigenvalue weighted by atomic mass is 16.2. The highest BCUT2D eigenvalue weighted by Crippen LogP contribution is 2.61. The zero-order chi connectivity index (χ0) is 15.7. The molecule has 4 heteroatoms. The van der Waals surface area contributed by atoms with Gasteiger partial charge in [-0.05, 0) is 67.6 Å². The van der Waals surface area contributed by atoms with E-state index in [9.17, 15) is 9.59 Å². The summed E-state index contributed by atoms with van der Waals surface area (Å²) in [6.07, 6.45) is 8.56. The molecule has 4 fully saturated rings. The molecular weight excluding hydrogens is 276 g/mol. The first-order chi connectivity index (χ1) is 10.4. The smallest absolute Gasteiger partial charge is 0.239 e. The third-order valence-electron chi connectivity index (χ3n) is 5.85. The van der Waals surface area contributed by atoms with Crippen LogP contribution in [-0.2, 0) is 9.59 Å². The number of carbonyl (C=O) groups is 2. The van der Waals surface area contributed by atoms with Gasteiger partial charge in [0.25, 0.3) is 0 Å². The van der Waals surface area contributed by atoms with Crippen LogP contribution in [0.2, 0.25) is 0 Å². The van der Waals surface area contributed by atoms with Gasteiger partial charge in [-0.15, -0.1) is 0 Å². The van der Waals surface area contributed by atoms with Gasteiger partial charge in [0.15, 0.2) is 0 Å². The molecule has 0 radical (unpaired) electrons. The molecule has 0 atom stereocenters. The van der Waals surface area contributed by atoms with Crippen molar-refractivity contribution in [3.63, 3.8) is 0 Å². The Balaban J connectivity index is 1.45. The molecule has 2 amide bonds. The second-order valence-electron chi connectivity index (χ2n) is 8.57. The number of carbonyl (C=O) groups excluding carboxylic acids is 2. The zero-order valence-electron chi connectivity index (χ0n) is 14.0. The lowest BCUT2D eigenvalue weighted by Crippen LogP contribution is -2.48. The van der Waals surface area contributed by atoms with Crippen molar-refractivity contribution in [1.29, 1.82) is 0 Å². The van der Waals surface area contributed by atoms with Gasteiger partial charge in [-0.25, -0.2) is 0 Å². The Morgan fingerprint density at radius 3 is 2.00 bits per heavy atom. The molecule has 4 aliphatic rings. The molecule has 22 heavy (non-hydrogen) atoms. The predicted molar refractivity (Wildman–Crippen MR) is 86.1 cm³/mol. The summed E-state index contributed by atoms with van der Waals surface area (Å²) in [7, 11) is 0. The van der Waals surface area contributed by atoms with Crippen LogP contribution in [0.5, 0.6) is 0 Å². The number of hydrogen-bond acceptors (Lipinski definition) is 2. The van der Waals surface area contributed by atoms with E-state index in [1.807, 2.05) is 0 Å². The summed E-state index contributed by atoms with van der Waals surface area (Å²) in [6, 6.07) is 0. The van der Waals surface area contributed by atoms with Crippen LogP contribution >= 0.6 is 0 Å². The van der Waals surface area contributed by atoms with Crippen LogP contribution in [0.3, 0.4) is 0 Å². The third-order valence-corrected chi connectivity index (χ3v) is 5.85. The van der Waals surface area contributed by atoms with E-state index in [1.165, 1.54) is 38.5 Å². The van der Waals surface area contributed by atoms with Crippen LogP contribution in [0.25, 0.3) is 0 Å². The van der Waals surface area contributed by atoms with Gasteiger partial charge in [0, 0.05) is 13.0 Å². The van der Waals surface area contributed by atoms with Gasteiger partial charge >= 0.3 is 0 Å². The molecule has 0 heterocycles. The van der Waals surface area contributed by atoms with Gasteiger partial charge in [0.1, 0.15) is 0 Å². The van der Waals surface area contributed by atoms with Crippen LogP contribution in [0.15, 0.2) is 0 Å². The van der Waals surface area contributed by atoms with E-state index in [0.717, 1.165) is 17.8 Å². The zero-order valence-corrected chi connectivity index (χ0v) is 14.0. The second-order valence-corrected chi connectivity index (χ2v) is 8.57. The normalized spacial score (nSPS) is 35.7. The molecule has 0 aromatic carbocycles. The molecule has 4 nitrogen and oxygen atoms in total. The first-order valence-corrected chi connectivity index (χ1v) is 8.97. The Labute approximate surface area is 133 Å². The highest BCUT2D eigenvalue weighted by molar-refractivity contribution is 5.84. The van der Waals surface area contributed by atoms with Crippen LogP contribution in [0.4, 0.5) is 0 Å². The lowest BCUT2D eigenvalue weighted by molar-refractivity contribution is -0.131. The number of amides is 2. The molecule has 4 aliphatic carbocycles. The summed E-state index contributed by atoms with van der Waals surface area (Å²) in [5.41, 5.74) is 0.257. The molecule has 4 bridgehead atoms. The molecule has 0 unspecified atom stereocenters. The number of rotatable bonds is 6. The average molecular weight is 306 g/mol. The summed E-state index contributed by atoms with van der Waals surface area (Å²) >= 11 is 0. The molecule has 2 N–H and O–H groups in total. The van der Waals surface area contributed by atoms with E-state index in [1.54, 1.807) is 0 Å². The molecule has 124 valence electrons. The van der Waals surface area contributed by atoms with Crippen molar-refractivity contribution in [2.75, 3.05) is 13.1 Å². The van der Waals surface area contributed by atoms with Crippen molar-refractivity contribution in [1.82, 2.24) is 10.6 Å². The van der Waals surface area contributed by atoms with E-state index in [2.05, 4.69) is 24.5 Å². The number of nitrogens with one attached hydrogen (secondary N) is 2. The molecule has 0 aliphatic heterocycles. The summed E-state index contributed by atoms with van der Waals surface area (Å²) < 4.78 is 0. The Morgan fingerprint density at radius 1 is 0.955 bits per heavy atom. The summed E-state index contributed by atoms with van der Waals surface area (Å²) in [4.78, 5) is 24.0. The standard InChI is InChI=1S/C18H30N2O2/c1-12(2)10-19-17(22)11-20-16(21)9-18-6-13-3-14(7-18)5-15(4-13)8-18/h12-15H,3-11H2,1-2H3,(H,19,22)(H,20,21). The maximum atomic E-state index is 12.3. The van der Waals surface area contributed by atoms with Crippen molar-refractivity contribution < 1.29 is 9.59 Å². The average Bonchev–Trinajstić information content (AvgIpc) is 2.40. The van der Waals surface area contributed by atoms with E-state index in [-0.39, 0.29) is 23.8 Å². The van der Waals surface area contributed by atoms with E-state index in [4.69, 9.17) is 0 Å². The fourth-order valence-electron chi connectivity index (χ4n) is 5.47. The van der Waals surface area contributed by atoms with Crippen molar-refractivity contribution in [3.05, 3.63) is 0 Å². The largest absolute Gasteiger partial charge is 0.354 e. The van der Waals surface area contributed by atoms with Gasteiger partial charge in [-0.3, -0.25) is 9.59 Å². The summed E-state index contributed by atoms with van der Waals surface area (Å²) in [5.74, 6) is 3.04. The minimum Gasteiger partial charge on any atom is -0.354 e. The predicted octanol–water partition coefficient (Wildman–Crippen LogP) is 2.48. The minimum absolute atomic E-state index is 0.0710. The molecule has 4 rings (SSSR count). The van der Waals surface area contributed by atoms with E-state index >= 15 is 0 Å². The fourth-order valence-corrected chi connectivity index (χ4v) is 5.47. The van der Waals surface area contributed by atoms with Crippen molar-refractivity contribution in [2.45, 2.75) is 58.8 Å². The summed E-state index contributed by atoms with van der Waals surface area (Å²) in [6.45, 7) is 4.92. The Kier molecular flexibility index (Phi) is 4.47. The lowest BCUT2D eigenvalue weighted by atomic mass is 9.49. The fraction of sp³-hybridized carbons (Fsp3) is 0.889. The molecule has 0 aromatic heterocycles. The maximum Gasteiger partial charge on any atom is 0.239 e. The first kappa shape index (κ1) is 15.8. The Hall–Kier alpha value is -1.06. The van der Waals surface area contributed by atoms with Crippen LogP contribution in [-0.4, -0.2) is 24.9 Å².